The predicted molar refractivity (Wildman–Crippen MR) is 79.7 cm³/mol. The van der Waals surface area contributed by atoms with Crippen LogP contribution in [0.15, 0.2) is 29.6 Å². The van der Waals surface area contributed by atoms with E-state index in [1.165, 1.54) is 11.5 Å². The molecular weight excluding hydrogens is 258 g/mol. The Morgan fingerprint density at radius 3 is 2.74 bits per heavy atom. The molecule has 1 N–H and O–H groups in total. The molecule has 1 saturated carbocycles. The third-order valence-electron chi connectivity index (χ3n) is 3.88. The first-order valence-electron chi connectivity index (χ1n) is 6.65. The van der Waals surface area contributed by atoms with E-state index in [1.807, 2.05) is 22.2 Å². The van der Waals surface area contributed by atoms with Gasteiger partial charge in [-0.05, 0) is 37.3 Å². The van der Waals surface area contributed by atoms with Crippen molar-refractivity contribution in [1.29, 1.82) is 0 Å². The molecule has 0 atom stereocenters. The van der Waals surface area contributed by atoms with E-state index in [4.69, 9.17) is 0 Å². The lowest BCUT2D eigenvalue weighted by molar-refractivity contribution is 0.112. The molecule has 0 bridgehead atoms. The fourth-order valence-corrected chi connectivity index (χ4v) is 4.03. The number of aliphatic hydroxyl groups excluding tert-OH is 1. The summed E-state index contributed by atoms with van der Waals surface area (Å²) < 4.78 is 2.91. The Morgan fingerprint density at radius 1 is 1.32 bits per heavy atom. The van der Waals surface area contributed by atoms with E-state index in [0.29, 0.717) is 0 Å². The third kappa shape index (κ3) is 2.15. The molecular formula is C15H17NO2S. The summed E-state index contributed by atoms with van der Waals surface area (Å²) in [7, 11) is 0. The maximum Gasteiger partial charge on any atom is 0.268 e. The molecule has 0 aliphatic heterocycles. The van der Waals surface area contributed by atoms with Gasteiger partial charge in [-0.3, -0.25) is 8.75 Å². The van der Waals surface area contributed by atoms with Crippen molar-refractivity contribution in [3.05, 3.63) is 40.7 Å². The largest absolute Gasteiger partial charge is 0.393 e. The number of nitrogens with zero attached hydrogens (tertiary/aromatic N) is 1. The van der Waals surface area contributed by atoms with Gasteiger partial charge in [0.1, 0.15) is 0 Å². The highest BCUT2D eigenvalue weighted by Crippen LogP contribution is 2.32. The van der Waals surface area contributed by atoms with Gasteiger partial charge in [0.05, 0.1) is 16.2 Å². The van der Waals surface area contributed by atoms with Crippen molar-refractivity contribution in [3.8, 4) is 0 Å². The summed E-state index contributed by atoms with van der Waals surface area (Å²) >= 11 is 1.53. The molecule has 3 rings (SSSR count). The van der Waals surface area contributed by atoms with Crippen molar-refractivity contribution < 1.29 is 5.11 Å². The zero-order valence-corrected chi connectivity index (χ0v) is 11.5. The van der Waals surface area contributed by atoms with Crippen molar-refractivity contribution in [3.63, 3.8) is 0 Å². The Kier molecular flexibility index (Phi) is 3.29. The van der Waals surface area contributed by atoms with Gasteiger partial charge >= 0.3 is 0 Å². The highest BCUT2D eigenvalue weighted by atomic mass is 32.1. The van der Waals surface area contributed by atoms with Crippen molar-refractivity contribution in [2.45, 2.75) is 37.8 Å². The highest BCUT2D eigenvalue weighted by molar-refractivity contribution is 7.14. The lowest BCUT2D eigenvalue weighted by Crippen LogP contribution is -2.25. The smallest absolute Gasteiger partial charge is 0.268 e. The molecule has 0 spiro atoms. The Labute approximate surface area is 116 Å². The van der Waals surface area contributed by atoms with Gasteiger partial charge in [0.15, 0.2) is 0 Å². The first kappa shape index (κ1) is 12.6. The number of hydrogen-bond acceptors (Lipinski definition) is 3. The van der Waals surface area contributed by atoms with E-state index in [1.54, 1.807) is 6.08 Å². The van der Waals surface area contributed by atoms with E-state index in [2.05, 4.69) is 6.58 Å². The number of aromatic nitrogens is 1. The Morgan fingerprint density at radius 2 is 2.05 bits per heavy atom. The lowest BCUT2D eigenvalue weighted by Gasteiger charge is -2.25. The molecule has 1 fully saturated rings. The van der Waals surface area contributed by atoms with Gasteiger partial charge < -0.3 is 5.11 Å². The number of fused-ring (bicyclic) bond motifs is 1. The predicted octanol–water partition coefficient (Wildman–Crippen LogP) is 3.18. The van der Waals surface area contributed by atoms with Crippen LogP contribution >= 0.6 is 11.5 Å². The minimum Gasteiger partial charge on any atom is -0.393 e. The van der Waals surface area contributed by atoms with Crippen LogP contribution in [0.3, 0.4) is 0 Å². The molecule has 3 nitrogen and oxygen atoms in total. The molecule has 0 radical (unpaired) electrons. The Bertz CT molecular complexity index is 662. The molecule has 1 aliphatic carbocycles. The average molecular weight is 275 g/mol. The van der Waals surface area contributed by atoms with Gasteiger partial charge in [0, 0.05) is 6.04 Å². The minimum atomic E-state index is -0.190. The van der Waals surface area contributed by atoms with Gasteiger partial charge in [-0.25, -0.2) is 0 Å². The van der Waals surface area contributed by atoms with Crippen LogP contribution in [0.25, 0.3) is 16.2 Å². The first-order chi connectivity index (χ1) is 9.20. The van der Waals surface area contributed by atoms with E-state index >= 15 is 0 Å². The van der Waals surface area contributed by atoms with E-state index in [-0.39, 0.29) is 17.7 Å². The summed E-state index contributed by atoms with van der Waals surface area (Å²) in [5.41, 5.74) is 1.12. The van der Waals surface area contributed by atoms with Gasteiger partial charge in [0.2, 0.25) is 0 Å². The Hall–Kier alpha value is -1.39. The standard InChI is InChI=1S/C15H17NO2S/c1-2-10-4-3-5-13-14(10)19-16(15(13)18)11-6-8-12(17)9-7-11/h2-5,11-12,17H,1,6-9H2. The normalized spacial score (nSPS) is 23.6. The van der Waals surface area contributed by atoms with Crippen molar-refractivity contribution in [2.75, 3.05) is 0 Å². The van der Waals surface area contributed by atoms with E-state index < -0.39 is 0 Å². The summed E-state index contributed by atoms with van der Waals surface area (Å²) in [5.74, 6) is 0. The second kappa shape index (κ2) is 4.94. The van der Waals surface area contributed by atoms with E-state index in [0.717, 1.165) is 41.3 Å². The van der Waals surface area contributed by atoms with Crippen LogP contribution in [0.4, 0.5) is 0 Å². The number of benzene rings is 1. The zero-order chi connectivity index (χ0) is 13.4. The second-order valence-corrected chi connectivity index (χ2v) is 6.10. The van der Waals surface area contributed by atoms with Crippen molar-refractivity contribution in [2.24, 2.45) is 0 Å². The molecule has 0 unspecified atom stereocenters. The fourth-order valence-electron chi connectivity index (χ4n) is 2.78. The van der Waals surface area contributed by atoms with Crippen LogP contribution in [0, 0.1) is 0 Å². The van der Waals surface area contributed by atoms with Crippen LogP contribution in [0.5, 0.6) is 0 Å². The SMILES string of the molecule is C=Cc1cccc2c(=O)n(C3CCC(O)CC3)sc12. The maximum atomic E-state index is 12.5. The van der Waals surface area contributed by atoms with E-state index in [9.17, 15) is 9.90 Å². The molecule has 2 aromatic rings. The lowest BCUT2D eigenvalue weighted by atomic mass is 9.93. The molecule has 0 amide bonds. The molecule has 1 aromatic heterocycles. The van der Waals surface area contributed by atoms with Gasteiger partial charge in [-0.1, -0.05) is 36.3 Å². The third-order valence-corrected chi connectivity index (χ3v) is 5.18. The van der Waals surface area contributed by atoms with Gasteiger partial charge in [-0.2, -0.15) is 0 Å². The summed E-state index contributed by atoms with van der Waals surface area (Å²) in [4.78, 5) is 12.5. The van der Waals surface area contributed by atoms with Crippen LogP contribution in [-0.4, -0.2) is 15.2 Å². The molecule has 1 aromatic carbocycles. The highest BCUT2D eigenvalue weighted by Gasteiger charge is 2.23. The van der Waals surface area contributed by atoms with Crippen LogP contribution in [-0.2, 0) is 0 Å². The van der Waals surface area contributed by atoms with Crippen molar-refractivity contribution in [1.82, 2.24) is 3.96 Å². The monoisotopic (exact) mass is 275 g/mol. The van der Waals surface area contributed by atoms with Gasteiger partial charge in [0.25, 0.3) is 5.56 Å². The first-order valence-corrected chi connectivity index (χ1v) is 7.43. The Balaban J connectivity index is 2.07. The maximum absolute atomic E-state index is 12.5. The van der Waals surface area contributed by atoms with Crippen molar-refractivity contribution >= 4 is 27.7 Å². The summed E-state index contributed by atoms with van der Waals surface area (Å²) in [5, 5.41) is 10.4. The fraction of sp³-hybridized carbons (Fsp3) is 0.400. The molecule has 1 aliphatic rings. The van der Waals surface area contributed by atoms with Crippen LogP contribution < -0.4 is 5.56 Å². The quantitative estimate of drug-likeness (QED) is 0.914. The molecule has 4 heteroatoms. The topological polar surface area (TPSA) is 42.2 Å². The average Bonchev–Trinajstić information content (AvgIpc) is 2.77. The van der Waals surface area contributed by atoms with Gasteiger partial charge in [-0.15, -0.1) is 0 Å². The molecule has 1 heterocycles. The van der Waals surface area contributed by atoms with Crippen LogP contribution in [0.2, 0.25) is 0 Å². The number of aliphatic hydroxyl groups is 1. The number of hydrogen-bond donors (Lipinski definition) is 1. The summed E-state index contributed by atoms with van der Waals surface area (Å²) in [6, 6.07) is 6.02. The summed E-state index contributed by atoms with van der Waals surface area (Å²) in [6.07, 6.45) is 4.96. The van der Waals surface area contributed by atoms with Crippen LogP contribution in [0.1, 0.15) is 37.3 Å². The second-order valence-electron chi connectivity index (χ2n) is 5.11. The number of rotatable bonds is 2. The molecule has 100 valence electrons. The molecule has 19 heavy (non-hydrogen) atoms. The zero-order valence-electron chi connectivity index (χ0n) is 10.7. The minimum absolute atomic E-state index is 0.102. The molecule has 0 saturated heterocycles. The summed E-state index contributed by atoms with van der Waals surface area (Å²) in [6.45, 7) is 3.80.